The van der Waals surface area contributed by atoms with Crippen LogP contribution in [0.3, 0.4) is 0 Å². The molecule has 1 atom stereocenters. The number of aliphatic hydroxyl groups excluding tert-OH is 1. The lowest BCUT2D eigenvalue weighted by Crippen LogP contribution is -2.55. The van der Waals surface area contributed by atoms with Crippen LogP contribution in [-0.4, -0.2) is 61.3 Å². The molecule has 0 spiro atoms. The van der Waals surface area contributed by atoms with E-state index in [1.54, 1.807) is 11.4 Å². The quantitative estimate of drug-likeness (QED) is 0.734. The minimum absolute atomic E-state index is 0.201. The van der Waals surface area contributed by atoms with Crippen molar-refractivity contribution in [3.05, 3.63) is 21.9 Å². The van der Waals surface area contributed by atoms with Gasteiger partial charge in [0.2, 0.25) is 5.91 Å². The van der Waals surface area contributed by atoms with Gasteiger partial charge in [-0.15, -0.1) is 11.3 Å². The first-order chi connectivity index (χ1) is 10.2. The van der Waals surface area contributed by atoms with Crippen molar-refractivity contribution in [2.24, 2.45) is 0 Å². The third-order valence-electron chi connectivity index (χ3n) is 3.08. The number of likely N-dealkylation sites (N-methyl/N-ethyl adjacent to an activating group) is 1. The molecule has 1 aromatic rings. The fourth-order valence-electron chi connectivity index (χ4n) is 2.04. The standard InChI is InChI=1S/C14H16N2O4S/c1-15-13(18)12-8-20-6-4-16(12)14(19)10-7-11(21-9-10)3-2-5-17/h7,9,12,17H,4-6,8H2,1H3,(H,15,18). The average Bonchev–Trinajstić information content (AvgIpc) is 3.00. The minimum atomic E-state index is -0.608. The van der Waals surface area contributed by atoms with Gasteiger partial charge in [-0.05, 0) is 6.07 Å². The summed E-state index contributed by atoms with van der Waals surface area (Å²) in [7, 11) is 1.53. The van der Waals surface area contributed by atoms with Crippen LogP contribution in [0.2, 0.25) is 0 Å². The van der Waals surface area contributed by atoms with Crippen LogP contribution in [-0.2, 0) is 9.53 Å². The molecule has 2 heterocycles. The van der Waals surface area contributed by atoms with Gasteiger partial charge in [0.25, 0.3) is 5.91 Å². The first kappa shape index (κ1) is 15.5. The van der Waals surface area contributed by atoms with Crippen LogP contribution in [0.5, 0.6) is 0 Å². The number of carbonyl (C=O) groups is 2. The Labute approximate surface area is 126 Å². The van der Waals surface area contributed by atoms with Gasteiger partial charge in [0.05, 0.1) is 23.7 Å². The molecule has 2 N–H and O–H groups in total. The molecule has 1 saturated heterocycles. The van der Waals surface area contributed by atoms with Crippen LogP contribution in [0.4, 0.5) is 0 Å². The maximum Gasteiger partial charge on any atom is 0.255 e. The van der Waals surface area contributed by atoms with E-state index in [9.17, 15) is 9.59 Å². The van der Waals surface area contributed by atoms with Gasteiger partial charge >= 0.3 is 0 Å². The maximum absolute atomic E-state index is 12.5. The summed E-state index contributed by atoms with van der Waals surface area (Å²) in [6, 6.07) is 1.06. The van der Waals surface area contributed by atoms with E-state index in [1.165, 1.54) is 23.3 Å². The van der Waals surface area contributed by atoms with Crippen LogP contribution in [0.1, 0.15) is 15.2 Å². The minimum Gasteiger partial charge on any atom is -0.384 e. The summed E-state index contributed by atoms with van der Waals surface area (Å²) in [4.78, 5) is 26.6. The molecule has 0 aliphatic carbocycles. The molecule has 0 saturated carbocycles. The Morgan fingerprint density at radius 1 is 1.62 bits per heavy atom. The molecule has 1 unspecified atom stereocenters. The van der Waals surface area contributed by atoms with Crippen LogP contribution in [0.25, 0.3) is 0 Å². The summed E-state index contributed by atoms with van der Waals surface area (Å²) in [5.74, 6) is 4.86. The molecule has 21 heavy (non-hydrogen) atoms. The SMILES string of the molecule is CNC(=O)C1COCCN1C(=O)c1csc(C#CCO)c1. The fourth-order valence-corrected chi connectivity index (χ4v) is 2.79. The first-order valence-corrected chi connectivity index (χ1v) is 7.34. The molecule has 6 nitrogen and oxygen atoms in total. The number of nitrogens with zero attached hydrogens (tertiary/aromatic N) is 1. The van der Waals surface area contributed by atoms with Crippen LogP contribution in [0, 0.1) is 11.8 Å². The summed E-state index contributed by atoms with van der Waals surface area (Å²) in [6.07, 6.45) is 0. The molecule has 7 heteroatoms. The number of thiophene rings is 1. The second kappa shape index (κ2) is 7.22. The molecule has 0 aromatic carbocycles. The van der Waals surface area contributed by atoms with E-state index >= 15 is 0 Å². The molecule has 2 amide bonds. The molecule has 1 aromatic heterocycles. The summed E-state index contributed by atoms with van der Waals surface area (Å²) < 4.78 is 5.28. The number of morpholine rings is 1. The lowest BCUT2D eigenvalue weighted by molar-refractivity contribution is -0.130. The van der Waals surface area contributed by atoms with Crippen molar-refractivity contribution in [1.82, 2.24) is 10.2 Å². The monoisotopic (exact) mass is 308 g/mol. The summed E-state index contributed by atoms with van der Waals surface area (Å²) in [5.41, 5.74) is 0.498. The van der Waals surface area contributed by atoms with E-state index in [2.05, 4.69) is 17.2 Å². The number of hydrogen-bond acceptors (Lipinski definition) is 5. The number of rotatable bonds is 2. The third-order valence-corrected chi connectivity index (χ3v) is 3.92. The number of amides is 2. The second-order valence-electron chi connectivity index (χ2n) is 4.36. The van der Waals surface area contributed by atoms with Gasteiger partial charge < -0.3 is 20.1 Å². The molecule has 2 rings (SSSR count). The van der Waals surface area contributed by atoms with Gasteiger partial charge in [-0.1, -0.05) is 11.8 Å². The maximum atomic E-state index is 12.5. The van der Waals surface area contributed by atoms with Crippen molar-refractivity contribution in [3.8, 4) is 11.8 Å². The Hall–Kier alpha value is -1.88. The molecule has 1 aliphatic rings. The topological polar surface area (TPSA) is 78.9 Å². The smallest absolute Gasteiger partial charge is 0.255 e. The molecule has 1 fully saturated rings. The lowest BCUT2D eigenvalue weighted by Gasteiger charge is -2.34. The summed E-state index contributed by atoms with van der Waals surface area (Å²) in [6.45, 7) is 0.779. The molecular weight excluding hydrogens is 292 g/mol. The largest absolute Gasteiger partial charge is 0.384 e. The Balaban J connectivity index is 2.16. The summed E-state index contributed by atoms with van der Waals surface area (Å²) >= 11 is 1.33. The number of nitrogens with one attached hydrogen (secondary N) is 1. The predicted octanol–water partition coefficient (Wildman–Crippen LogP) is -0.321. The van der Waals surface area contributed by atoms with E-state index in [-0.39, 0.29) is 25.0 Å². The predicted molar refractivity (Wildman–Crippen MR) is 78.0 cm³/mol. The number of ether oxygens (including phenoxy) is 1. The molecule has 1 aliphatic heterocycles. The number of aliphatic hydroxyl groups is 1. The molecule has 0 bridgehead atoms. The molecular formula is C14H16N2O4S. The second-order valence-corrected chi connectivity index (χ2v) is 5.27. The van der Waals surface area contributed by atoms with Crippen molar-refractivity contribution < 1.29 is 19.4 Å². The van der Waals surface area contributed by atoms with Gasteiger partial charge in [-0.2, -0.15) is 0 Å². The lowest BCUT2D eigenvalue weighted by atomic mass is 10.1. The zero-order valence-corrected chi connectivity index (χ0v) is 12.4. The molecule has 112 valence electrons. The van der Waals surface area contributed by atoms with Crippen molar-refractivity contribution in [2.75, 3.05) is 33.4 Å². The van der Waals surface area contributed by atoms with Gasteiger partial charge in [0, 0.05) is 19.0 Å². The third kappa shape index (κ3) is 3.61. The Morgan fingerprint density at radius 3 is 3.14 bits per heavy atom. The zero-order chi connectivity index (χ0) is 15.2. The Kier molecular flexibility index (Phi) is 5.33. The zero-order valence-electron chi connectivity index (χ0n) is 11.6. The number of hydrogen-bond donors (Lipinski definition) is 2. The van der Waals surface area contributed by atoms with Gasteiger partial charge in [-0.25, -0.2) is 0 Å². The van der Waals surface area contributed by atoms with Crippen molar-refractivity contribution in [2.45, 2.75) is 6.04 Å². The van der Waals surface area contributed by atoms with E-state index in [0.29, 0.717) is 23.6 Å². The highest BCUT2D eigenvalue weighted by molar-refractivity contribution is 7.10. The fraction of sp³-hybridized carbons (Fsp3) is 0.429. The van der Waals surface area contributed by atoms with Crippen molar-refractivity contribution in [1.29, 1.82) is 0 Å². The van der Waals surface area contributed by atoms with E-state index in [4.69, 9.17) is 9.84 Å². The normalized spacial score (nSPS) is 17.8. The van der Waals surface area contributed by atoms with E-state index in [1.807, 2.05) is 0 Å². The number of carbonyl (C=O) groups excluding carboxylic acids is 2. The Morgan fingerprint density at radius 2 is 2.43 bits per heavy atom. The first-order valence-electron chi connectivity index (χ1n) is 6.46. The van der Waals surface area contributed by atoms with Gasteiger partial charge in [0.1, 0.15) is 12.6 Å². The van der Waals surface area contributed by atoms with Crippen molar-refractivity contribution >= 4 is 23.2 Å². The Bertz CT molecular complexity index is 587. The van der Waals surface area contributed by atoms with Crippen LogP contribution in [0.15, 0.2) is 11.4 Å². The van der Waals surface area contributed by atoms with E-state index in [0.717, 1.165) is 0 Å². The van der Waals surface area contributed by atoms with Gasteiger partial charge in [0.15, 0.2) is 0 Å². The highest BCUT2D eigenvalue weighted by Gasteiger charge is 2.33. The summed E-state index contributed by atoms with van der Waals surface area (Å²) in [5, 5.41) is 12.9. The van der Waals surface area contributed by atoms with Crippen LogP contribution < -0.4 is 5.32 Å². The van der Waals surface area contributed by atoms with Crippen LogP contribution >= 0.6 is 11.3 Å². The molecule has 0 radical (unpaired) electrons. The highest BCUT2D eigenvalue weighted by atomic mass is 32.1. The van der Waals surface area contributed by atoms with E-state index < -0.39 is 6.04 Å². The average molecular weight is 308 g/mol. The van der Waals surface area contributed by atoms with Gasteiger partial charge in [-0.3, -0.25) is 9.59 Å². The highest BCUT2D eigenvalue weighted by Crippen LogP contribution is 2.18. The van der Waals surface area contributed by atoms with Crippen molar-refractivity contribution in [3.63, 3.8) is 0 Å².